The van der Waals surface area contributed by atoms with Crippen LogP contribution in [0.1, 0.15) is 26.7 Å². The summed E-state index contributed by atoms with van der Waals surface area (Å²) < 4.78 is 5.09. The Morgan fingerprint density at radius 1 is 1.42 bits per heavy atom. The molecule has 0 aromatic rings. The van der Waals surface area contributed by atoms with Gasteiger partial charge in [0.25, 0.3) is 0 Å². The van der Waals surface area contributed by atoms with E-state index in [1.54, 1.807) is 7.11 Å². The van der Waals surface area contributed by atoms with Crippen molar-refractivity contribution in [2.75, 3.05) is 26.8 Å². The van der Waals surface area contributed by atoms with Crippen LogP contribution in [0.5, 0.6) is 0 Å². The fourth-order valence-electron chi connectivity index (χ4n) is 1.95. The normalized spacial score (nSPS) is 32.2. The van der Waals surface area contributed by atoms with Crippen molar-refractivity contribution < 1.29 is 4.74 Å². The van der Waals surface area contributed by atoms with Gasteiger partial charge in [0, 0.05) is 19.7 Å². The molecule has 1 fully saturated rings. The highest BCUT2D eigenvalue weighted by Crippen LogP contribution is 2.21. The molecule has 0 aliphatic carbocycles. The van der Waals surface area contributed by atoms with E-state index in [1.165, 1.54) is 19.4 Å². The van der Waals surface area contributed by atoms with Crippen molar-refractivity contribution in [1.82, 2.24) is 4.90 Å². The van der Waals surface area contributed by atoms with Gasteiger partial charge in [0.1, 0.15) is 0 Å². The van der Waals surface area contributed by atoms with Gasteiger partial charge in [0.05, 0.1) is 6.61 Å². The van der Waals surface area contributed by atoms with Crippen molar-refractivity contribution in [3.05, 3.63) is 0 Å². The molecule has 0 bridgehead atoms. The molecule has 1 rings (SSSR count). The van der Waals surface area contributed by atoms with Gasteiger partial charge in [-0.2, -0.15) is 0 Å². The van der Waals surface area contributed by atoms with E-state index in [0.29, 0.717) is 0 Å². The molecule has 2 heteroatoms. The quantitative estimate of drug-likeness (QED) is 0.641. The zero-order valence-corrected chi connectivity index (χ0v) is 8.55. The molecular formula is C10H21NO. The van der Waals surface area contributed by atoms with E-state index in [0.717, 1.165) is 25.1 Å². The van der Waals surface area contributed by atoms with E-state index in [4.69, 9.17) is 4.74 Å². The molecule has 1 aliphatic heterocycles. The summed E-state index contributed by atoms with van der Waals surface area (Å²) in [6, 6.07) is 0.744. The summed E-state index contributed by atoms with van der Waals surface area (Å²) in [4.78, 5) is 2.54. The standard InChI is InChI=1S/C10H21NO/c1-9-5-4-6-11(10(9)2)7-8-12-3/h9-10H,4-8H2,1-3H3/t9-,10+/m0/s1. The molecule has 0 amide bonds. The van der Waals surface area contributed by atoms with Gasteiger partial charge in [0.15, 0.2) is 0 Å². The lowest BCUT2D eigenvalue weighted by Gasteiger charge is -2.37. The fraction of sp³-hybridized carbons (Fsp3) is 1.00. The summed E-state index contributed by atoms with van der Waals surface area (Å²) in [6.07, 6.45) is 2.75. The molecule has 0 saturated carbocycles. The smallest absolute Gasteiger partial charge is 0.0589 e. The molecule has 72 valence electrons. The molecule has 12 heavy (non-hydrogen) atoms. The fourth-order valence-corrected chi connectivity index (χ4v) is 1.95. The number of rotatable bonds is 3. The van der Waals surface area contributed by atoms with E-state index in [2.05, 4.69) is 18.7 Å². The summed E-state index contributed by atoms with van der Waals surface area (Å²) in [5.41, 5.74) is 0. The Bertz CT molecular complexity index is 127. The third kappa shape index (κ3) is 2.46. The summed E-state index contributed by atoms with van der Waals surface area (Å²) >= 11 is 0. The van der Waals surface area contributed by atoms with Crippen LogP contribution < -0.4 is 0 Å². The average molecular weight is 171 g/mol. The molecule has 1 aliphatic rings. The Hall–Kier alpha value is -0.0800. The highest BCUT2D eigenvalue weighted by molar-refractivity contribution is 4.77. The van der Waals surface area contributed by atoms with Crippen LogP contribution in [0.4, 0.5) is 0 Å². The van der Waals surface area contributed by atoms with Crippen LogP contribution in [0.3, 0.4) is 0 Å². The van der Waals surface area contributed by atoms with Gasteiger partial charge in [-0.15, -0.1) is 0 Å². The van der Waals surface area contributed by atoms with Crippen LogP contribution in [0.25, 0.3) is 0 Å². The molecule has 2 nitrogen and oxygen atoms in total. The van der Waals surface area contributed by atoms with Crippen LogP contribution in [0.2, 0.25) is 0 Å². The lowest BCUT2D eigenvalue weighted by atomic mass is 9.92. The van der Waals surface area contributed by atoms with E-state index in [-0.39, 0.29) is 0 Å². The molecule has 0 N–H and O–H groups in total. The predicted molar refractivity (Wildman–Crippen MR) is 51.3 cm³/mol. The van der Waals surface area contributed by atoms with E-state index in [1.807, 2.05) is 0 Å². The minimum absolute atomic E-state index is 0.744. The zero-order valence-electron chi connectivity index (χ0n) is 8.55. The molecule has 0 aromatic heterocycles. The number of ether oxygens (including phenoxy) is 1. The predicted octanol–water partition coefficient (Wildman–Crippen LogP) is 1.75. The minimum atomic E-state index is 0.744. The SMILES string of the molecule is COCCN1CCC[C@H](C)[C@H]1C. The molecule has 1 heterocycles. The highest BCUT2D eigenvalue weighted by atomic mass is 16.5. The second-order valence-electron chi connectivity index (χ2n) is 3.89. The number of likely N-dealkylation sites (tertiary alicyclic amines) is 1. The largest absolute Gasteiger partial charge is 0.383 e. The Kier molecular flexibility index (Phi) is 4.02. The Morgan fingerprint density at radius 3 is 2.83 bits per heavy atom. The number of hydrogen-bond donors (Lipinski definition) is 0. The Balaban J connectivity index is 2.30. The zero-order chi connectivity index (χ0) is 8.97. The van der Waals surface area contributed by atoms with Crippen molar-refractivity contribution in [2.45, 2.75) is 32.7 Å². The monoisotopic (exact) mass is 171 g/mol. The summed E-state index contributed by atoms with van der Waals surface area (Å²) in [5.74, 6) is 0.857. The van der Waals surface area contributed by atoms with Crippen molar-refractivity contribution in [2.24, 2.45) is 5.92 Å². The molecular weight excluding hydrogens is 150 g/mol. The van der Waals surface area contributed by atoms with E-state index >= 15 is 0 Å². The lowest BCUT2D eigenvalue weighted by molar-refractivity contribution is 0.0765. The molecule has 1 saturated heterocycles. The van der Waals surface area contributed by atoms with Gasteiger partial charge < -0.3 is 4.74 Å². The van der Waals surface area contributed by atoms with E-state index in [9.17, 15) is 0 Å². The van der Waals surface area contributed by atoms with Crippen molar-refractivity contribution in [3.8, 4) is 0 Å². The van der Waals surface area contributed by atoms with Gasteiger partial charge in [-0.05, 0) is 32.2 Å². The van der Waals surface area contributed by atoms with Gasteiger partial charge in [-0.25, -0.2) is 0 Å². The van der Waals surface area contributed by atoms with Crippen molar-refractivity contribution in [1.29, 1.82) is 0 Å². The van der Waals surface area contributed by atoms with Gasteiger partial charge >= 0.3 is 0 Å². The van der Waals surface area contributed by atoms with Crippen LogP contribution in [-0.2, 0) is 4.74 Å². The van der Waals surface area contributed by atoms with E-state index < -0.39 is 0 Å². The Labute approximate surface area is 75.9 Å². The first-order chi connectivity index (χ1) is 5.75. The molecule has 0 aromatic carbocycles. The highest BCUT2D eigenvalue weighted by Gasteiger charge is 2.23. The van der Waals surface area contributed by atoms with Gasteiger partial charge in [-0.3, -0.25) is 4.90 Å². The van der Waals surface area contributed by atoms with Crippen LogP contribution in [0, 0.1) is 5.92 Å². The van der Waals surface area contributed by atoms with Gasteiger partial charge in [0.2, 0.25) is 0 Å². The maximum atomic E-state index is 5.09. The number of methoxy groups -OCH3 is 1. The summed E-state index contributed by atoms with van der Waals surface area (Å²) in [7, 11) is 1.78. The first-order valence-corrected chi connectivity index (χ1v) is 4.98. The molecule has 2 atom stereocenters. The summed E-state index contributed by atoms with van der Waals surface area (Å²) in [6.45, 7) is 7.91. The summed E-state index contributed by atoms with van der Waals surface area (Å²) in [5, 5.41) is 0. The number of piperidine rings is 1. The first kappa shape index (κ1) is 10.0. The maximum absolute atomic E-state index is 5.09. The second kappa shape index (κ2) is 4.83. The van der Waals surface area contributed by atoms with Crippen LogP contribution >= 0.6 is 0 Å². The van der Waals surface area contributed by atoms with Gasteiger partial charge in [-0.1, -0.05) is 6.92 Å². The third-order valence-corrected chi connectivity index (χ3v) is 3.09. The van der Waals surface area contributed by atoms with Crippen LogP contribution in [-0.4, -0.2) is 37.7 Å². The maximum Gasteiger partial charge on any atom is 0.0589 e. The van der Waals surface area contributed by atoms with Crippen LogP contribution in [0.15, 0.2) is 0 Å². The average Bonchev–Trinajstić information content (AvgIpc) is 2.08. The second-order valence-corrected chi connectivity index (χ2v) is 3.89. The van der Waals surface area contributed by atoms with Crippen molar-refractivity contribution >= 4 is 0 Å². The minimum Gasteiger partial charge on any atom is -0.383 e. The Morgan fingerprint density at radius 2 is 2.17 bits per heavy atom. The molecule has 0 spiro atoms. The first-order valence-electron chi connectivity index (χ1n) is 4.98. The topological polar surface area (TPSA) is 12.5 Å². The lowest BCUT2D eigenvalue weighted by Crippen LogP contribution is -2.43. The number of hydrogen-bond acceptors (Lipinski definition) is 2. The molecule has 0 radical (unpaired) electrons. The number of nitrogens with zero attached hydrogens (tertiary/aromatic N) is 1. The molecule has 0 unspecified atom stereocenters. The van der Waals surface area contributed by atoms with Crippen molar-refractivity contribution in [3.63, 3.8) is 0 Å². The third-order valence-electron chi connectivity index (χ3n) is 3.09.